The molecule has 5 nitrogen and oxygen atoms in total. The Kier molecular flexibility index (Phi) is 4.68. The van der Waals surface area contributed by atoms with E-state index in [1.54, 1.807) is 30.6 Å². The normalized spacial score (nSPS) is 10.8. The second-order valence-corrected chi connectivity index (χ2v) is 5.27. The zero-order valence-corrected chi connectivity index (χ0v) is 13.0. The molecule has 5 heteroatoms. The number of carbonyl (C=O) groups is 1. The van der Waals surface area contributed by atoms with E-state index >= 15 is 0 Å². The molecule has 2 heterocycles. The van der Waals surface area contributed by atoms with E-state index < -0.39 is 0 Å². The lowest BCUT2D eigenvalue weighted by atomic mass is 10.1. The molecule has 0 fully saturated rings. The molecular weight excluding hydrogens is 300 g/mol. The SMILES string of the molecule is N#CCCn1cc(/C=C/C(=O)Nc2cccnc2)c2ccccc21. The van der Waals surface area contributed by atoms with Crippen molar-refractivity contribution in [1.29, 1.82) is 5.26 Å². The van der Waals surface area contributed by atoms with E-state index in [0.717, 1.165) is 16.5 Å². The van der Waals surface area contributed by atoms with Gasteiger partial charge in [0.25, 0.3) is 0 Å². The molecule has 1 amide bonds. The van der Waals surface area contributed by atoms with E-state index in [4.69, 9.17) is 5.26 Å². The number of aryl methyl sites for hydroxylation is 1. The Morgan fingerprint density at radius 3 is 2.96 bits per heavy atom. The summed E-state index contributed by atoms with van der Waals surface area (Å²) < 4.78 is 2.04. The van der Waals surface area contributed by atoms with Crippen LogP contribution in [0.15, 0.2) is 61.1 Å². The molecule has 2 aromatic heterocycles. The first-order valence-electron chi connectivity index (χ1n) is 7.62. The summed E-state index contributed by atoms with van der Waals surface area (Å²) in [6.07, 6.45) is 8.96. The van der Waals surface area contributed by atoms with Crippen LogP contribution in [-0.2, 0) is 11.3 Å². The van der Waals surface area contributed by atoms with Crippen LogP contribution in [0, 0.1) is 11.3 Å². The van der Waals surface area contributed by atoms with Crippen LogP contribution in [0.2, 0.25) is 0 Å². The van der Waals surface area contributed by atoms with Crippen molar-refractivity contribution in [2.45, 2.75) is 13.0 Å². The largest absolute Gasteiger partial charge is 0.346 e. The Morgan fingerprint density at radius 1 is 1.29 bits per heavy atom. The lowest BCUT2D eigenvalue weighted by molar-refractivity contribution is -0.111. The monoisotopic (exact) mass is 316 g/mol. The summed E-state index contributed by atoms with van der Waals surface area (Å²) in [4.78, 5) is 16.0. The Bertz CT molecular complexity index is 919. The van der Waals surface area contributed by atoms with Crippen LogP contribution < -0.4 is 5.32 Å². The van der Waals surface area contributed by atoms with Gasteiger partial charge in [-0.3, -0.25) is 9.78 Å². The van der Waals surface area contributed by atoms with Crippen molar-refractivity contribution in [1.82, 2.24) is 9.55 Å². The number of hydrogen-bond acceptors (Lipinski definition) is 3. The second-order valence-electron chi connectivity index (χ2n) is 5.27. The van der Waals surface area contributed by atoms with Crippen LogP contribution in [-0.4, -0.2) is 15.5 Å². The molecule has 0 radical (unpaired) electrons. The number of pyridine rings is 1. The van der Waals surface area contributed by atoms with E-state index in [9.17, 15) is 4.79 Å². The number of carbonyl (C=O) groups excluding carboxylic acids is 1. The van der Waals surface area contributed by atoms with Crippen molar-refractivity contribution >= 4 is 28.6 Å². The van der Waals surface area contributed by atoms with Crippen molar-refractivity contribution in [2.24, 2.45) is 0 Å². The number of nitrogens with zero attached hydrogens (tertiary/aromatic N) is 3. The fourth-order valence-electron chi connectivity index (χ4n) is 2.55. The standard InChI is InChI=1S/C19H16N4O/c20-10-4-12-23-14-15(17-6-1-2-7-18(17)23)8-9-19(24)22-16-5-3-11-21-13-16/h1-3,5-9,11,13-14H,4,12H2,(H,22,24)/b9-8+. The van der Waals surface area contributed by atoms with Crippen LogP contribution in [0.5, 0.6) is 0 Å². The highest BCUT2D eigenvalue weighted by atomic mass is 16.1. The summed E-state index contributed by atoms with van der Waals surface area (Å²) in [5.41, 5.74) is 2.66. The van der Waals surface area contributed by atoms with Crippen LogP contribution in [0.1, 0.15) is 12.0 Å². The molecule has 0 spiro atoms. The van der Waals surface area contributed by atoms with Crippen LogP contribution in [0.3, 0.4) is 0 Å². The Labute approximate surface area is 139 Å². The first kappa shape index (κ1) is 15.5. The first-order valence-corrected chi connectivity index (χ1v) is 7.62. The van der Waals surface area contributed by atoms with Gasteiger partial charge in [0.05, 0.1) is 24.4 Å². The van der Waals surface area contributed by atoms with Gasteiger partial charge in [0.1, 0.15) is 0 Å². The molecule has 1 N–H and O–H groups in total. The molecule has 1 aromatic carbocycles. The Balaban J connectivity index is 1.81. The summed E-state index contributed by atoms with van der Waals surface area (Å²) in [6, 6.07) is 13.7. The van der Waals surface area contributed by atoms with E-state index in [1.165, 1.54) is 6.08 Å². The minimum Gasteiger partial charge on any atom is -0.346 e. The van der Waals surface area contributed by atoms with Gasteiger partial charge in [-0.1, -0.05) is 18.2 Å². The van der Waals surface area contributed by atoms with E-state index in [1.807, 2.05) is 35.0 Å². The molecule has 3 aromatic rings. The van der Waals surface area contributed by atoms with Crippen LogP contribution >= 0.6 is 0 Å². The predicted octanol–water partition coefficient (Wildman–Crippen LogP) is 3.60. The minimum absolute atomic E-state index is 0.211. The number of aromatic nitrogens is 2. The quantitative estimate of drug-likeness (QED) is 0.731. The van der Waals surface area contributed by atoms with Gasteiger partial charge in [-0.05, 0) is 24.3 Å². The number of anilines is 1. The summed E-state index contributed by atoms with van der Waals surface area (Å²) in [6.45, 7) is 0.632. The third-order valence-corrected chi connectivity index (χ3v) is 3.63. The molecule has 0 aliphatic heterocycles. The summed E-state index contributed by atoms with van der Waals surface area (Å²) in [7, 11) is 0. The van der Waals surface area contributed by atoms with E-state index in [0.29, 0.717) is 18.7 Å². The van der Waals surface area contributed by atoms with Gasteiger partial charge >= 0.3 is 0 Å². The molecule has 0 unspecified atom stereocenters. The topological polar surface area (TPSA) is 70.7 Å². The molecule has 0 saturated carbocycles. The molecule has 0 saturated heterocycles. The zero-order valence-electron chi connectivity index (χ0n) is 13.0. The molecular formula is C19H16N4O. The highest BCUT2D eigenvalue weighted by molar-refractivity contribution is 6.03. The number of amides is 1. The lowest BCUT2D eigenvalue weighted by Gasteiger charge is -2.00. The number of para-hydroxylation sites is 1. The van der Waals surface area contributed by atoms with E-state index in [2.05, 4.69) is 16.4 Å². The summed E-state index contributed by atoms with van der Waals surface area (Å²) >= 11 is 0. The van der Waals surface area contributed by atoms with Gasteiger partial charge in [0.15, 0.2) is 0 Å². The number of hydrogen-bond donors (Lipinski definition) is 1. The summed E-state index contributed by atoms with van der Waals surface area (Å²) in [5.74, 6) is -0.211. The fraction of sp³-hybridized carbons (Fsp3) is 0.105. The van der Waals surface area contributed by atoms with Gasteiger partial charge < -0.3 is 9.88 Å². The zero-order chi connectivity index (χ0) is 16.8. The average molecular weight is 316 g/mol. The third-order valence-electron chi connectivity index (χ3n) is 3.63. The Morgan fingerprint density at radius 2 is 2.17 bits per heavy atom. The van der Waals surface area contributed by atoms with Crippen molar-refractivity contribution < 1.29 is 4.79 Å². The third kappa shape index (κ3) is 3.50. The highest BCUT2D eigenvalue weighted by Gasteiger charge is 2.06. The van der Waals surface area contributed by atoms with Crippen molar-refractivity contribution in [3.8, 4) is 6.07 Å². The van der Waals surface area contributed by atoms with Gasteiger partial charge in [-0.15, -0.1) is 0 Å². The molecule has 0 aliphatic carbocycles. The van der Waals surface area contributed by atoms with Gasteiger partial charge in [0, 0.05) is 41.5 Å². The smallest absolute Gasteiger partial charge is 0.248 e. The van der Waals surface area contributed by atoms with Gasteiger partial charge in [-0.2, -0.15) is 5.26 Å². The maximum Gasteiger partial charge on any atom is 0.248 e. The number of fused-ring (bicyclic) bond motifs is 1. The number of rotatable bonds is 5. The van der Waals surface area contributed by atoms with Crippen LogP contribution in [0.25, 0.3) is 17.0 Å². The van der Waals surface area contributed by atoms with Gasteiger partial charge in [-0.25, -0.2) is 0 Å². The van der Waals surface area contributed by atoms with E-state index in [-0.39, 0.29) is 5.91 Å². The summed E-state index contributed by atoms with van der Waals surface area (Å²) in [5, 5.41) is 12.6. The number of nitriles is 1. The highest BCUT2D eigenvalue weighted by Crippen LogP contribution is 2.22. The molecule has 0 atom stereocenters. The maximum absolute atomic E-state index is 12.0. The maximum atomic E-state index is 12.0. The first-order chi connectivity index (χ1) is 11.8. The molecule has 24 heavy (non-hydrogen) atoms. The molecule has 0 bridgehead atoms. The number of nitrogens with one attached hydrogen (secondary N) is 1. The minimum atomic E-state index is -0.211. The van der Waals surface area contributed by atoms with Gasteiger partial charge in [0.2, 0.25) is 5.91 Å². The molecule has 3 rings (SSSR count). The average Bonchev–Trinajstić information content (AvgIpc) is 2.97. The van der Waals surface area contributed by atoms with Crippen molar-refractivity contribution in [3.63, 3.8) is 0 Å². The number of benzene rings is 1. The molecule has 0 aliphatic rings. The van der Waals surface area contributed by atoms with Crippen molar-refractivity contribution in [2.75, 3.05) is 5.32 Å². The lowest BCUT2D eigenvalue weighted by Crippen LogP contribution is -2.07. The van der Waals surface area contributed by atoms with Crippen LogP contribution in [0.4, 0.5) is 5.69 Å². The fourth-order valence-corrected chi connectivity index (χ4v) is 2.55. The Hall–Kier alpha value is -3.39. The predicted molar refractivity (Wildman–Crippen MR) is 94.1 cm³/mol. The van der Waals surface area contributed by atoms with Crippen molar-refractivity contribution in [3.05, 3.63) is 66.6 Å². The second kappa shape index (κ2) is 7.25. The molecule has 118 valence electrons.